The van der Waals surface area contributed by atoms with Crippen LogP contribution in [0.1, 0.15) is 91.7 Å². The highest BCUT2D eigenvalue weighted by molar-refractivity contribution is 6.49. The lowest BCUT2D eigenvalue weighted by Crippen LogP contribution is -2.44. The lowest BCUT2D eigenvalue weighted by Gasteiger charge is -2.25. The molecule has 0 atom stereocenters. The molecule has 1 aliphatic heterocycles. The molecular formula is C54H41BCl2F12N2O4. The molecule has 6 nitrogen and oxygen atoms in total. The number of allylic oxidation sites excluding steroid dienone is 2. The van der Waals surface area contributed by atoms with Crippen LogP contribution in [0, 0.1) is 6.92 Å². The predicted octanol–water partition coefficient (Wildman–Crippen LogP) is 16.5. The van der Waals surface area contributed by atoms with Crippen LogP contribution in [0.4, 0.5) is 52.7 Å². The van der Waals surface area contributed by atoms with Crippen LogP contribution in [-0.2, 0) is 42.1 Å². The first-order chi connectivity index (χ1) is 34.5. The van der Waals surface area contributed by atoms with Crippen LogP contribution in [0.2, 0.25) is 10.0 Å². The van der Waals surface area contributed by atoms with Crippen molar-refractivity contribution in [3.63, 3.8) is 0 Å². The van der Waals surface area contributed by atoms with Gasteiger partial charge in [0.1, 0.15) is 0 Å². The van der Waals surface area contributed by atoms with E-state index in [1.165, 1.54) is 55.5 Å². The van der Waals surface area contributed by atoms with Crippen LogP contribution in [0.15, 0.2) is 132 Å². The molecule has 7 rings (SSSR count). The van der Waals surface area contributed by atoms with Crippen molar-refractivity contribution in [2.24, 2.45) is 4.99 Å². The monoisotopic (exact) mass is 1090 g/mol. The fourth-order valence-electron chi connectivity index (χ4n) is 8.16. The minimum absolute atomic E-state index is 0.00925. The van der Waals surface area contributed by atoms with Gasteiger partial charge in [-0.3, -0.25) is 0 Å². The van der Waals surface area contributed by atoms with Gasteiger partial charge in [0.2, 0.25) is 0 Å². The van der Waals surface area contributed by atoms with E-state index >= 15 is 0 Å². The number of aryl methyl sites for hydroxylation is 1. The quantitative estimate of drug-likeness (QED) is 0.107. The molecule has 0 radical (unpaired) electrons. The van der Waals surface area contributed by atoms with Crippen LogP contribution < -0.4 is 0 Å². The topological polar surface area (TPSA) is 69.9 Å². The molecule has 0 aliphatic carbocycles. The molecule has 0 saturated heterocycles. The summed E-state index contributed by atoms with van der Waals surface area (Å²) >= 11 is 14.2. The summed E-state index contributed by atoms with van der Waals surface area (Å²) in [7, 11) is -3.45. The van der Waals surface area contributed by atoms with Crippen molar-refractivity contribution in [3.05, 3.63) is 187 Å². The van der Waals surface area contributed by atoms with E-state index in [-0.39, 0.29) is 43.4 Å². The summed E-state index contributed by atoms with van der Waals surface area (Å²) < 4.78 is 184. The lowest BCUT2D eigenvalue weighted by atomic mass is 9.86. The normalized spacial score (nSPS) is 14.4. The van der Waals surface area contributed by atoms with Crippen molar-refractivity contribution < 1.29 is 71.6 Å². The number of alkyl halides is 12. The Morgan fingerprint density at radius 3 is 1.43 bits per heavy atom. The third kappa shape index (κ3) is 12.2. The van der Waals surface area contributed by atoms with Crippen molar-refractivity contribution in [3.8, 4) is 22.4 Å². The Labute approximate surface area is 432 Å². The van der Waals surface area contributed by atoms with Crippen LogP contribution in [0.3, 0.4) is 0 Å². The fraction of sp³-hybridized carbons (Fsp3) is 0.241. The van der Waals surface area contributed by atoms with E-state index in [9.17, 15) is 62.3 Å². The third-order valence-electron chi connectivity index (χ3n) is 11.9. The Morgan fingerprint density at radius 1 is 0.547 bits per heavy atom. The van der Waals surface area contributed by atoms with E-state index in [1.807, 2.05) is 41.5 Å². The van der Waals surface area contributed by atoms with Crippen LogP contribution in [0.5, 0.6) is 0 Å². The average molecular weight is 1090 g/mol. The number of hydrogen-bond donors (Lipinski definition) is 0. The van der Waals surface area contributed by atoms with Crippen molar-refractivity contribution in [1.29, 1.82) is 0 Å². The van der Waals surface area contributed by atoms with Crippen molar-refractivity contribution in [2.75, 3.05) is 0 Å². The van der Waals surface area contributed by atoms with Crippen molar-refractivity contribution in [1.82, 2.24) is 4.48 Å². The molecule has 0 spiro atoms. The van der Waals surface area contributed by atoms with Gasteiger partial charge in [0.25, 0.3) is 0 Å². The van der Waals surface area contributed by atoms with E-state index in [1.54, 1.807) is 24.3 Å². The molecule has 0 unspecified atom stereocenters. The second-order valence-corrected chi connectivity index (χ2v) is 20.3. The first-order valence-corrected chi connectivity index (χ1v) is 23.2. The number of halogens is 14. The van der Waals surface area contributed by atoms with Gasteiger partial charge in [-0.15, -0.1) is 0 Å². The second-order valence-electron chi connectivity index (χ2n) is 19.5. The average Bonchev–Trinajstić information content (AvgIpc) is 3.92. The standard InChI is InChI=1S/C54H41BCl2F12N2O4/c1-28-22-39(56)43(40(57)23-28)44(45-37(31-10-8-12-35(24-31)51(58,59)60)26-41(70-45)29-14-18-33(19-15-29)49(2,3)4)46-38(32-11-9-13-36(25-32)52(61,62)63)27-42(30-16-20-34(21-17-30)50(5,6)7)71(46)55(74-47(72)53(64,65)66)75-48(73)54(67,68)69/h8-27H,1-7H3/b45-44-. The fourth-order valence-corrected chi connectivity index (χ4v) is 8.95. The molecule has 0 N–H and O–H groups in total. The van der Waals surface area contributed by atoms with Gasteiger partial charge in [-0.25, -0.2) is 14.6 Å². The summed E-state index contributed by atoms with van der Waals surface area (Å²) in [6.45, 7) is 12.8. The molecule has 21 heteroatoms. The Morgan fingerprint density at radius 2 is 0.987 bits per heavy atom. The number of aliphatic imine (C=N–C) groups is 1. The molecule has 75 heavy (non-hydrogen) atoms. The number of nitrogens with zero attached hydrogens (tertiary/aromatic N) is 2. The maximum Gasteiger partial charge on any atom is 0.747 e. The highest BCUT2D eigenvalue weighted by atomic mass is 35.5. The van der Waals surface area contributed by atoms with Crippen molar-refractivity contribution >= 4 is 59.3 Å². The van der Waals surface area contributed by atoms with E-state index in [0.29, 0.717) is 33.3 Å². The number of aromatic nitrogens is 1. The summed E-state index contributed by atoms with van der Waals surface area (Å²) in [6.07, 6.45) is -20.7. The minimum Gasteiger partial charge on any atom is -0.473 e. The molecule has 1 aromatic heterocycles. The Bertz CT molecular complexity index is 3250. The summed E-state index contributed by atoms with van der Waals surface area (Å²) in [5.41, 5.74) is -5.54. The molecule has 2 heterocycles. The number of carbonyl (C=O) groups is 2. The molecule has 392 valence electrons. The summed E-state index contributed by atoms with van der Waals surface area (Å²) in [5.74, 6) is -6.39. The summed E-state index contributed by atoms with van der Waals surface area (Å²) in [4.78, 5) is 30.8. The van der Waals surface area contributed by atoms with E-state index in [4.69, 9.17) is 37.5 Å². The molecule has 5 aromatic carbocycles. The van der Waals surface area contributed by atoms with Crippen LogP contribution >= 0.6 is 23.2 Å². The number of rotatable bonds is 9. The van der Waals surface area contributed by atoms with Gasteiger partial charge in [0.05, 0.1) is 38.3 Å². The Kier molecular flexibility index (Phi) is 15.0. The predicted molar refractivity (Wildman–Crippen MR) is 263 cm³/mol. The zero-order valence-corrected chi connectivity index (χ0v) is 42.0. The molecule has 0 bridgehead atoms. The molecule has 6 aromatic rings. The maximum absolute atomic E-state index is 14.7. The van der Waals surface area contributed by atoms with Crippen LogP contribution in [-0.4, -0.2) is 41.7 Å². The smallest absolute Gasteiger partial charge is 0.473 e. The molecular weight excluding hydrogens is 1050 g/mol. The van der Waals surface area contributed by atoms with Crippen molar-refractivity contribution in [2.45, 2.75) is 84.0 Å². The minimum atomic E-state index is -5.99. The first-order valence-electron chi connectivity index (χ1n) is 22.4. The molecule has 1 aliphatic rings. The summed E-state index contributed by atoms with van der Waals surface area (Å²) in [6, 6.07) is 23.3. The van der Waals surface area contributed by atoms with Gasteiger partial charge in [0.15, 0.2) is 0 Å². The number of benzene rings is 5. The first kappa shape index (κ1) is 56.0. The number of carbonyl (C=O) groups excluding carboxylic acids is 2. The molecule has 0 fully saturated rings. The highest BCUT2D eigenvalue weighted by Gasteiger charge is 2.52. The SMILES string of the molecule is Cc1cc(Cl)c(/C(=C2/N=C(c3ccc(C(C)(C)C)cc3)C=C2c2cccc(C(F)(F)F)c2)c2c(-c3cccc(C(F)(F)F)c3)cc(-c3ccc(C(C)(C)C)cc3)n2B(OC(=O)C(F)(F)F)OC(=O)C(F)(F)F)c(Cl)c1. The molecule has 0 amide bonds. The van der Waals surface area contributed by atoms with Gasteiger partial charge in [-0.05, 0) is 99.7 Å². The van der Waals surface area contributed by atoms with E-state index < -0.39 is 94.2 Å². The van der Waals surface area contributed by atoms with E-state index in [0.717, 1.165) is 42.0 Å². The van der Waals surface area contributed by atoms with Gasteiger partial charge in [0, 0.05) is 33.5 Å². The van der Waals surface area contributed by atoms with E-state index in [2.05, 4.69) is 0 Å². The van der Waals surface area contributed by atoms with Gasteiger partial charge >= 0.3 is 43.9 Å². The number of hydrogen-bond acceptors (Lipinski definition) is 5. The van der Waals surface area contributed by atoms with Crippen LogP contribution in [0.25, 0.3) is 33.5 Å². The zero-order chi connectivity index (χ0) is 55.5. The lowest BCUT2D eigenvalue weighted by molar-refractivity contribution is -0.197. The summed E-state index contributed by atoms with van der Waals surface area (Å²) in [5, 5.41) is -0.668. The maximum atomic E-state index is 14.7. The zero-order valence-electron chi connectivity index (χ0n) is 40.4. The largest absolute Gasteiger partial charge is 0.747 e. The van der Waals surface area contributed by atoms with Gasteiger partial charge < -0.3 is 13.8 Å². The Hall–Kier alpha value is -6.73. The second kappa shape index (κ2) is 20.1. The Balaban J connectivity index is 1.79. The molecule has 0 saturated carbocycles. The van der Waals surface area contributed by atoms with Gasteiger partial charge in [-0.1, -0.05) is 138 Å². The van der Waals surface area contributed by atoms with Gasteiger partial charge in [-0.2, -0.15) is 52.7 Å². The third-order valence-corrected chi connectivity index (χ3v) is 12.5. The highest BCUT2D eigenvalue weighted by Crippen LogP contribution is 2.50.